The highest BCUT2D eigenvalue weighted by Crippen LogP contribution is 2.26. The maximum atomic E-state index is 11.2. The lowest BCUT2D eigenvalue weighted by atomic mass is 9.98. The Kier molecular flexibility index (Phi) is 5.15. The quantitative estimate of drug-likeness (QED) is 0.792. The summed E-state index contributed by atoms with van der Waals surface area (Å²) < 4.78 is 0. The number of thiazole rings is 1. The van der Waals surface area contributed by atoms with E-state index in [2.05, 4.69) is 41.8 Å². The molecule has 1 aromatic heterocycles. The van der Waals surface area contributed by atoms with Crippen molar-refractivity contribution >= 4 is 28.6 Å². The van der Waals surface area contributed by atoms with Crippen LogP contribution in [-0.4, -0.2) is 22.6 Å². The highest BCUT2D eigenvalue weighted by molar-refractivity contribution is 7.09. The van der Waals surface area contributed by atoms with Crippen LogP contribution in [0.5, 0.6) is 0 Å². The van der Waals surface area contributed by atoms with Gasteiger partial charge in [0.2, 0.25) is 5.91 Å². The molecule has 2 aromatic rings. The SMILES string of the molecule is CC(C)(C)c1nc(CNc2cccc(NC(=O)CO)c2)cs1. The molecule has 6 heteroatoms. The number of anilines is 2. The molecule has 1 aromatic carbocycles. The second kappa shape index (κ2) is 6.89. The third-order valence-electron chi connectivity index (χ3n) is 2.96. The number of carbonyl (C=O) groups excluding carboxylic acids is 1. The maximum absolute atomic E-state index is 11.2. The van der Waals surface area contributed by atoms with Gasteiger partial charge >= 0.3 is 0 Å². The summed E-state index contributed by atoms with van der Waals surface area (Å²) in [4.78, 5) is 15.8. The maximum Gasteiger partial charge on any atom is 0.250 e. The van der Waals surface area contributed by atoms with E-state index in [1.165, 1.54) is 0 Å². The van der Waals surface area contributed by atoms with Crippen molar-refractivity contribution in [2.24, 2.45) is 0 Å². The molecule has 0 aliphatic rings. The van der Waals surface area contributed by atoms with Gasteiger partial charge in [0.25, 0.3) is 0 Å². The highest BCUT2D eigenvalue weighted by Gasteiger charge is 2.17. The Labute approximate surface area is 134 Å². The van der Waals surface area contributed by atoms with Gasteiger partial charge in [-0.2, -0.15) is 0 Å². The Hall–Kier alpha value is -1.92. The Bertz CT molecular complexity index is 647. The molecule has 0 fully saturated rings. The average molecular weight is 319 g/mol. The molecule has 0 radical (unpaired) electrons. The number of nitrogens with zero attached hydrogens (tertiary/aromatic N) is 1. The largest absolute Gasteiger partial charge is 0.387 e. The van der Waals surface area contributed by atoms with Crippen molar-refractivity contribution in [1.82, 2.24) is 4.98 Å². The molecule has 22 heavy (non-hydrogen) atoms. The Morgan fingerprint density at radius 1 is 1.32 bits per heavy atom. The molecule has 0 unspecified atom stereocenters. The van der Waals surface area contributed by atoms with E-state index < -0.39 is 12.5 Å². The molecule has 0 saturated carbocycles. The number of carbonyl (C=O) groups is 1. The van der Waals surface area contributed by atoms with Crippen LogP contribution in [0.1, 0.15) is 31.5 Å². The van der Waals surface area contributed by atoms with Gasteiger partial charge in [-0.3, -0.25) is 4.79 Å². The number of nitrogens with one attached hydrogen (secondary N) is 2. The van der Waals surface area contributed by atoms with Crippen LogP contribution in [0.2, 0.25) is 0 Å². The molecule has 3 N–H and O–H groups in total. The highest BCUT2D eigenvalue weighted by atomic mass is 32.1. The third kappa shape index (κ3) is 4.54. The minimum atomic E-state index is -0.522. The second-order valence-corrected chi connectivity index (χ2v) is 6.89. The molecule has 0 aliphatic heterocycles. The number of amides is 1. The Morgan fingerprint density at radius 2 is 2.05 bits per heavy atom. The summed E-state index contributed by atoms with van der Waals surface area (Å²) in [7, 11) is 0. The first-order valence-electron chi connectivity index (χ1n) is 7.08. The molecule has 0 saturated heterocycles. The van der Waals surface area contributed by atoms with Crippen LogP contribution in [0.25, 0.3) is 0 Å². The Balaban J connectivity index is 1.98. The number of hydrogen-bond acceptors (Lipinski definition) is 5. The summed E-state index contributed by atoms with van der Waals surface area (Å²) >= 11 is 1.67. The lowest BCUT2D eigenvalue weighted by Gasteiger charge is -2.13. The molecule has 5 nitrogen and oxygen atoms in total. The van der Waals surface area contributed by atoms with E-state index in [9.17, 15) is 4.79 Å². The zero-order chi connectivity index (χ0) is 16.2. The molecule has 0 aliphatic carbocycles. The van der Waals surface area contributed by atoms with E-state index in [-0.39, 0.29) is 5.41 Å². The standard InChI is InChI=1S/C16H21N3O2S/c1-16(2,3)15-19-13(10-22-15)8-17-11-5-4-6-12(7-11)18-14(21)9-20/h4-7,10,17,20H,8-9H2,1-3H3,(H,18,21). The van der Waals surface area contributed by atoms with Gasteiger partial charge in [0, 0.05) is 22.2 Å². The van der Waals surface area contributed by atoms with Crippen molar-refractivity contribution in [3.05, 3.63) is 40.3 Å². The first-order valence-corrected chi connectivity index (χ1v) is 7.96. The monoisotopic (exact) mass is 319 g/mol. The van der Waals surface area contributed by atoms with Crippen LogP contribution in [0.15, 0.2) is 29.6 Å². The molecule has 1 amide bonds. The lowest BCUT2D eigenvalue weighted by molar-refractivity contribution is -0.118. The van der Waals surface area contributed by atoms with Crippen LogP contribution < -0.4 is 10.6 Å². The fourth-order valence-corrected chi connectivity index (χ4v) is 2.74. The van der Waals surface area contributed by atoms with Gasteiger partial charge in [0.15, 0.2) is 0 Å². The molecule has 1 heterocycles. The van der Waals surface area contributed by atoms with Gasteiger partial charge in [-0.05, 0) is 18.2 Å². The number of aromatic nitrogens is 1. The zero-order valence-electron chi connectivity index (χ0n) is 13.0. The predicted molar refractivity (Wildman–Crippen MR) is 90.3 cm³/mol. The number of benzene rings is 1. The van der Waals surface area contributed by atoms with E-state index in [1.54, 1.807) is 17.4 Å². The van der Waals surface area contributed by atoms with Crippen molar-refractivity contribution in [3.63, 3.8) is 0 Å². The first kappa shape index (κ1) is 16.5. The predicted octanol–water partition coefficient (Wildman–Crippen LogP) is 2.98. The van der Waals surface area contributed by atoms with Crippen molar-refractivity contribution in [2.45, 2.75) is 32.7 Å². The number of hydrogen-bond donors (Lipinski definition) is 3. The summed E-state index contributed by atoms with van der Waals surface area (Å²) in [5.41, 5.74) is 2.61. The minimum absolute atomic E-state index is 0.0669. The van der Waals surface area contributed by atoms with Crippen LogP contribution >= 0.6 is 11.3 Å². The number of rotatable bonds is 5. The fraction of sp³-hybridized carbons (Fsp3) is 0.375. The van der Waals surface area contributed by atoms with Crippen molar-refractivity contribution in [2.75, 3.05) is 17.2 Å². The molecule has 0 bridgehead atoms. The fourth-order valence-electron chi connectivity index (χ4n) is 1.83. The summed E-state index contributed by atoms with van der Waals surface area (Å²) in [6.45, 7) is 6.55. The van der Waals surface area contributed by atoms with E-state index >= 15 is 0 Å². The molecular formula is C16H21N3O2S. The summed E-state index contributed by atoms with van der Waals surface area (Å²) in [6.07, 6.45) is 0. The summed E-state index contributed by atoms with van der Waals surface area (Å²) in [5, 5.41) is 17.8. The molecule has 2 rings (SSSR count). The van der Waals surface area contributed by atoms with Crippen molar-refractivity contribution < 1.29 is 9.90 Å². The minimum Gasteiger partial charge on any atom is -0.387 e. The zero-order valence-corrected chi connectivity index (χ0v) is 13.8. The van der Waals surface area contributed by atoms with Gasteiger partial charge in [-0.15, -0.1) is 11.3 Å². The third-order valence-corrected chi connectivity index (χ3v) is 4.27. The van der Waals surface area contributed by atoms with Crippen molar-refractivity contribution in [1.29, 1.82) is 0 Å². The van der Waals surface area contributed by atoms with Crippen LogP contribution in [-0.2, 0) is 16.8 Å². The molecule has 118 valence electrons. The van der Waals surface area contributed by atoms with Crippen LogP contribution in [0.3, 0.4) is 0 Å². The summed E-state index contributed by atoms with van der Waals surface area (Å²) in [5.74, 6) is -0.425. The van der Waals surface area contributed by atoms with Gasteiger partial charge in [-0.25, -0.2) is 4.98 Å². The molecular weight excluding hydrogens is 298 g/mol. The number of aliphatic hydroxyl groups excluding tert-OH is 1. The first-order chi connectivity index (χ1) is 10.4. The van der Waals surface area contributed by atoms with Crippen LogP contribution in [0, 0.1) is 0 Å². The summed E-state index contributed by atoms with van der Waals surface area (Å²) in [6, 6.07) is 7.37. The van der Waals surface area contributed by atoms with E-state index in [0.717, 1.165) is 16.4 Å². The second-order valence-electron chi connectivity index (χ2n) is 6.03. The van der Waals surface area contributed by atoms with E-state index in [0.29, 0.717) is 12.2 Å². The number of aliphatic hydroxyl groups is 1. The Morgan fingerprint density at radius 3 is 2.68 bits per heavy atom. The van der Waals surface area contributed by atoms with E-state index in [1.807, 2.05) is 18.2 Å². The topological polar surface area (TPSA) is 74.2 Å². The van der Waals surface area contributed by atoms with Gasteiger partial charge in [0.05, 0.1) is 17.2 Å². The normalized spacial score (nSPS) is 11.3. The lowest BCUT2D eigenvalue weighted by Crippen LogP contribution is -2.15. The van der Waals surface area contributed by atoms with Gasteiger partial charge < -0.3 is 15.7 Å². The van der Waals surface area contributed by atoms with Gasteiger partial charge in [-0.1, -0.05) is 26.8 Å². The van der Waals surface area contributed by atoms with Crippen molar-refractivity contribution in [3.8, 4) is 0 Å². The van der Waals surface area contributed by atoms with Gasteiger partial charge in [0.1, 0.15) is 6.61 Å². The van der Waals surface area contributed by atoms with Crippen LogP contribution in [0.4, 0.5) is 11.4 Å². The average Bonchev–Trinajstić information content (AvgIpc) is 2.94. The van der Waals surface area contributed by atoms with E-state index in [4.69, 9.17) is 5.11 Å². The molecule has 0 atom stereocenters. The smallest absolute Gasteiger partial charge is 0.250 e. The molecule has 0 spiro atoms.